The van der Waals surface area contributed by atoms with Gasteiger partial charge in [-0.15, -0.1) is 13.2 Å². The van der Waals surface area contributed by atoms with Crippen molar-refractivity contribution >= 4 is 5.96 Å². The average Bonchev–Trinajstić information content (AvgIpc) is 2.42. The molecule has 0 aliphatic heterocycles. The lowest BCUT2D eigenvalue weighted by atomic mass is 10.0. The Balaban J connectivity index is 4.58. The van der Waals surface area contributed by atoms with E-state index in [0.29, 0.717) is 12.0 Å². The van der Waals surface area contributed by atoms with Crippen LogP contribution in [-0.2, 0) is 0 Å². The molecule has 1 atom stereocenters. The van der Waals surface area contributed by atoms with Crippen LogP contribution in [0.5, 0.6) is 0 Å². The summed E-state index contributed by atoms with van der Waals surface area (Å²) in [7, 11) is 1.81. The van der Waals surface area contributed by atoms with Gasteiger partial charge in [0.05, 0.1) is 0 Å². The molecule has 0 saturated heterocycles. The Morgan fingerprint density at radius 1 is 1.20 bits per heavy atom. The van der Waals surface area contributed by atoms with E-state index in [4.69, 9.17) is 0 Å². The smallest absolute Gasteiger partial charge is 0.191 e. The third kappa shape index (κ3) is 7.34. The van der Waals surface area contributed by atoms with E-state index in [1.807, 2.05) is 12.2 Å². The van der Waals surface area contributed by atoms with E-state index in [2.05, 4.69) is 54.5 Å². The molecule has 0 spiro atoms. The topological polar surface area (TPSA) is 39.7 Å². The van der Waals surface area contributed by atoms with Crippen LogP contribution in [0.4, 0.5) is 0 Å². The number of rotatable bonds is 10. The van der Waals surface area contributed by atoms with Gasteiger partial charge in [-0.05, 0) is 12.3 Å². The first-order valence-corrected chi connectivity index (χ1v) is 7.50. The first-order chi connectivity index (χ1) is 9.60. The SMILES string of the molecule is C=CCN(CC=C)C(CNC(=NC)NCCC)C(C)C. The van der Waals surface area contributed by atoms with Crippen LogP contribution < -0.4 is 10.6 Å². The third-order valence-electron chi connectivity index (χ3n) is 3.21. The van der Waals surface area contributed by atoms with Gasteiger partial charge in [0.1, 0.15) is 0 Å². The van der Waals surface area contributed by atoms with Crippen molar-refractivity contribution in [2.75, 3.05) is 33.2 Å². The van der Waals surface area contributed by atoms with Crippen molar-refractivity contribution in [3.8, 4) is 0 Å². The van der Waals surface area contributed by atoms with E-state index in [-0.39, 0.29) is 0 Å². The van der Waals surface area contributed by atoms with Gasteiger partial charge in [0.15, 0.2) is 5.96 Å². The lowest BCUT2D eigenvalue weighted by molar-refractivity contribution is 0.190. The van der Waals surface area contributed by atoms with Gasteiger partial charge in [-0.1, -0.05) is 32.9 Å². The maximum absolute atomic E-state index is 4.24. The van der Waals surface area contributed by atoms with Crippen LogP contribution in [-0.4, -0.2) is 50.1 Å². The second-order valence-corrected chi connectivity index (χ2v) is 5.22. The molecule has 0 aliphatic rings. The third-order valence-corrected chi connectivity index (χ3v) is 3.21. The normalized spacial score (nSPS) is 13.4. The molecule has 0 amide bonds. The Hall–Kier alpha value is -1.29. The van der Waals surface area contributed by atoms with E-state index < -0.39 is 0 Å². The van der Waals surface area contributed by atoms with Gasteiger partial charge >= 0.3 is 0 Å². The summed E-state index contributed by atoms with van der Waals surface area (Å²) in [6.07, 6.45) is 4.99. The average molecular weight is 280 g/mol. The molecule has 0 radical (unpaired) electrons. The predicted molar refractivity (Wildman–Crippen MR) is 90.2 cm³/mol. The van der Waals surface area contributed by atoms with Crippen molar-refractivity contribution in [2.45, 2.75) is 33.2 Å². The highest BCUT2D eigenvalue weighted by Crippen LogP contribution is 2.10. The molecule has 0 aromatic heterocycles. The molecule has 0 aromatic carbocycles. The van der Waals surface area contributed by atoms with Crippen LogP contribution in [0.2, 0.25) is 0 Å². The molecule has 0 heterocycles. The number of aliphatic imine (C=N–C) groups is 1. The standard InChI is InChI=1S/C16H32N4/c1-7-10-18-16(17-6)19-13-15(14(4)5)20(11-8-2)12-9-3/h8-9,14-15H,2-3,7,10-13H2,1,4-6H3,(H2,17,18,19). The molecule has 4 nitrogen and oxygen atoms in total. The first-order valence-electron chi connectivity index (χ1n) is 7.50. The second-order valence-electron chi connectivity index (χ2n) is 5.22. The van der Waals surface area contributed by atoms with Crippen molar-refractivity contribution in [3.05, 3.63) is 25.3 Å². The zero-order chi connectivity index (χ0) is 15.4. The molecule has 0 aliphatic carbocycles. The summed E-state index contributed by atoms with van der Waals surface area (Å²) in [5, 5.41) is 6.71. The summed E-state index contributed by atoms with van der Waals surface area (Å²) in [5.74, 6) is 1.42. The van der Waals surface area contributed by atoms with Crippen LogP contribution in [0.1, 0.15) is 27.2 Å². The number of hydrogen-bond acceptors (Lipinski definition) is 2. The van der Waals surface area contributed by atoms with Gasteiger partial charge in [-0.25, -0.2) is 0 Å². The van der Waals surface area contributed by atoms with Gasteiger partial charge < -0.3 is 10.6 Å². The van der Waals surface area contributed by atoms with Crippen molar-refractivity contribution in [3.63, 3.8) is 0 Å². The summed E-state index contributed by atoms with van der Waals surface area (Å²) in [4.78, 5) is 6.62. The highest BCUT2D eigenvalue weighted by Gasteiger charge is 2.20. The van der Waals surface area contributed by atoms with Crippen molar-refractivity contribution in [1.29, 1.82) is 0 Å². The predicted octanol–water partition coefficient (Wildman–Crippen LogP) is 2.26. The summed E-state index contributed by atoms with van der Waals surface area (Å²) in [6, 6.07) is 0.422. The monoisotopic (exact) mass is 280 g/mol. The summed E-state index contributed by atoms with van der Waals surface area (Å²) in [5.41, 5.74) is 0. The van der Waals surface area contributed by atoms with Crippen LogP contribution in [0, 0.1) is 5.92 Å². The van der Waals surface area contributed by atoms with E-state index >= 15 is 0 Å². The molecule has 4 heteroatoms. The minimum Gasteiger partial charge on any atom is -0.356 e. The Kier molecular flexibility index (Phi) is 10.8. The van der Waals surface area contributed by atoms with E-state index in [9.17, 15) is 0 Å². The van der Waals surface area contributed by atoms with E-state index in [0.717, 1.165) is 38.6 Å². The van der Waals surface area contributed by atoms with Crippen molar-refractivity contribution in [1.82, 2.24) is 15.5 Å². The second kappa shape index (κ2) is 11.5. The fraction of sp³-hybridized carbons (Fsp3) is 0.688. The van der Waals surface area contributed by atoms with Gasteiger partial charge in [-0.2, -0.15) is 0 Å². The van der Waals surface area contributed by atoms with Crippen molar-refractivity contribution < 1.29 is 0 Å². The van der Waals surface area contributed by atoms with Gasteiger partial charge in [0.2, 0.25) is 0 Å². The minimum atomic E-state index is 0.422. The minimum absolute atomic E-state index is 0.422. The summed E-state index contributed by atoms with van der Waals surface area (Å²) >= 11 is 0. The molecule has 0 bridgehead atoms. The molecule has 0 aromatic rings. The largest absolute Gasteiger partial charge is 0.356 e. The number of hydrogen-bond donors (Lipinski definition) is 2. The zero-order valence-corrected chi connectivity index (χ0v) is 13.7. The van der Waals surface area contributed by atoms with Crippen LogP contribution in [0.15, 0.2) is 30.3 Å². The fourth-order valence-electron chi connectivity index (χ4n) is 2.13. The molecule has 0 rings (SSSR count). The molecule has 2 N–H and O–H groups in total. The summed E-state index contributed by atoms with van der Waals surface area (Å²) < 4.78 is 0. The summed E-state index contributed by atoms with van der Waals surface area (Å²) in [6.45, 7) is 17.9. The first kappa shape index (κ1) is 18.7. The molecule has 20 heavy (non-hydrogen) atoms. The van der Waals surface area contributed by atoms with Crippen LogP contribution in [0.3, 0.4) is 0 Å². The Morgan fingerprint density at radius 3 is 2.20 bits per heavy atom. The quantitative estimate of drug-likeness (QED) is 0.366. The number of nitrogens with zero attached hydrogens (tertiary/aromatic N) is 2. The molecular formula is C16H32N4. The van der Waals surface area contributed by atoms with Crippen LogP contribution >= 0.6 is 0 Å². The number of guanidine groups is 1. The molecule has 0 fully saturated rings. The van der Waals surface area contributed by atoms with Gasteiger partial charge in [0.25, 0.3) is 0 Å². The van der Waals surface area contributed by atoms with Gasteiger partial charge in [-0.3, -0.25) is 9.89 Å². The van der Waals surface area contributed by atoms with Crippen LogP contribution in [0.25, 0.3) is 0 Å². The molecule has 1 unspecified atom stereocenters. The van der Waals surface area contributed by atoms with E-state index in [1.54, 1.807) is 7.05 Å². The number of nitrogens with one attached hydrogen (secondary N) is 2. The lowest BCUT2D eigenvalue weighted by Gasteiger charge is -2.33. The lowest BCUT2D eigenvalue weighted by Crippen LogP contribution is -2.49. The maximum atomic E-state index is 4.24. The Labute approximate surface area is 125 Å². The highest BCUT2D eigenvalue weighted by molar-refractivity contribution is 5.79. The Bertz CT molecular complexity index is 287. The zero-order valence-electron chi connectivity index (χ0n) is 13.7. The molecular weight excluding hydrogens is 248 g/mol. The van der Waals surface area contributed by atoms with E-state index in [1.165, 1.54) is 0 Å². The molecule has 0 saturated carbocycles. The fourth-order valence-corrected chi connectivity index (χ4v) is 2.13. The van der Waals surface area contributed by atoms with Gasteiger partial charge in [0, 0.05) is 39.3 Å². The molecule has 116 valence electrons. The highest BCUT2D eigenvalue weighted by atomic mass is 15.2. The van der Waals surface area contributed by atoms with Crippen molar-refractivity contribution in [2.24, 2.45) is 10.9 Å². The maximum Gasteiger partial charge on any atom is 0.191 e. The Morgan fingerprint density at radius 2 is 1.80 bits per heavy atom.